The van der Waals surface area contributed by atoms with Crippen LogP contribution in [0.4, 0.5) is 18.9 Å². The van der Waals surface area contributed by atoms with Gasteiger partial charge in [0, 0.05) is 17.7 Å². The number of halogens is 3. The zero-order valence-electron chi connectivity index (χ0n) is 15.2. The molecule has 1 N–H and O–H groups in total. The zero-order valence-corrected chi connectivity index (χ0v) is 15.2. The third-order valence-electron chi connectivity index (χ3n) is 3.43. The summed E-state index contributed by atoms with van der Waals surface area (Å²) in [6.07, 6.45) is 0. The fourth-order valence-electron chi connectivity index (χ4n) is 2.33. The summed E-state index contributed by atoms with van der Waals surface area (Å²) in [5, 5.41) is 2.21. The third-order valence-corrected chi connectivity index (χ3v) is 3.43. The summed E-state index contributed by atoms with van der Waals surface area (Å²) in [5.41, 5.74) is -0.404. The maximum absolute atomic E-state index is 13.8. The molecule has 0 bridgehead atoms. The van der Waals surface area contributed by atoms with Crippen molar-refractivity contribution in [3.8, 4) is 17.2 Å². The van der Waals surface area contributed by atoms with Gasteiger partial charge in [-0.15, -0.1) is 0 Å². The van der Waals surface area contributed by atoms with E-state index in [0.717, 1.165) is 0 Å². The van der Waals surface area contributed by atoms with Crippen molar-refractivity contribution in [1.29, 1.82) is 0 Å². The highest BCUT2D eigenvalue weighted by molar-refractivity contribution is 6.05. The number of nitrogens with one attached hydrogen (secondary N) is 1. The number of carbonyl (C=O) groups excluding carboxylic acids is 1. The summed E-state index contributed by atoms with van der Waals surface area (Å²) < 4.78 is 56.7. The summed E-state index contributed by atoms with van der Waals surface area (Å²) in [6.45, 7) is 6.30. The van der Waals surface area contributed by atoms with Crippen molar-refractivity contribution < 1.29 is 32.2 Å². The first-order valence-corrected chi connectivity index (χ1v) is 8.43. The molecule has 0 saturated carbocycles. The maximum atomic E-state index is 13.8. The molecule has 0 aliphatic heterocycles. The van der Waals surface area contributed by atoms with Gasteiger partial charge in [-0.05, 0) is 32.9 Å². The first-order valence-electron chi connectivity index (χ1n) is 8.43. The minimum absolute atomic E-state index is 0.0782. The average Bonchev–Trinajstić information content (AvgIpc) is 2.62. The number of hydrogen-bond donors (Lipinski definition) is 1. The second-order valence-electron chi connectivity index (χ2n) is 5.30. The number of hydrogen-bond acceptors (Lipinski definition) is 4. The van der Waals surface area contributed by atoms with Gasteiger partial charge in [0.25, 0.3) is 5.91 Å². The standard InChI is InChI=1S/C19H20F3NO4/c1-4-25-16-7-11(8-17(26-5-2)18(16)27-6-3)19(24)23-15-10-13(21)12(20)9-14(15)22/h7-10H,4-6H2,1-3H3,(H,23,24). The van der Waals surface area contributed by atoms with Gasteiger partial charge in [-0.3, -0.25) is 4.79 Å². The van der Waals surface area contributed by atoms with Crippen molar-refractivity contribution in [2.24, 2.45) is 0 Å². The highest BCUT2D eigenvalue weighted by atomic mass is 19.2. The van der Waals surface area contributed by atoms with E-state index < -0.39 is 29.0 Å². The monoisotopic (exact) mass is 383 g/mol. The van der Waals surface area contributed by atoms with Crippen LogP contribution in [0.2, 0.25) is 0 Å². The maximum Gasteiger partial charge on any atom is 0.256 e. The fourth-order valence-corrected chi connectivity index (χ4v) is 2.33. The number of amides is 1. The van der Waals surface area contributed by atoms with Crippen LogP contribution in [0.15, 0.2) is 24.3 Å². The molecule has 27 heavy (non-hydrogen) atoms. The van der Waals surface area contributed by atoms with Crippen molar-refractivity contribution >= 4 is 11.6 Å². The lowest BCUT2D eigenvalue weighted by atomic mass is 10.1. The molecule has 5 nitrogen and oxygen atoms in total. The lowest BCUT2D eigenvalue weighted by molar-refractivity contribution is 0.102. The number of anilines is 1. The van der Waals surface area contributed by atoms with Gasteiger partial charge >= 0.3 is 0 Å². The molecule has 2 aromatic rings. The van der Waals surface area contributed by atoms with Crippen LogP contribution in [0.25, 0.3) is 0 Å². The molecule has 146 valence electrons. The lowest BCUT2D eigenvalue weighted by Crippen LogP contribution is -2.14. The van der Waals surface area contributed by atoms with E-state index in [1.807, 2.05) is 0 Å². The van der Waals surface area contributed by atoms with E-state index in [2.05, 4.69) is 5.32 Å². The van der Waals surface area contributed by atoms with Gasteiger partial charge in [-0.2, -0.15) is 0 Å². The van der Waals surface area contributed by atoms with Gasteiger partial charge in [0.1, 0.15) is 5.82 Å². The minimum atomic E-state index is -1.34. The molecular weight excluding hydrogens is 363 g/mol. The average molecular weight is 383 g/mol. The lowest BCUT2D eigenvalue weighted by Gasteiger charge is -2.17. The Kier molecular flexibility index (Phi) is 6.92. The Morgan fingerprint density at radius 2 is 1.33 bits per heavy atom. The molecule has 2 rings (SSSR count). The molecule has 8 heteroatoms. The van der Waals surface area contributed by atoms with Crippen molar-refractivity contribution in [1.82, 2.24) is 0 Å². The molecule has 0 spiro atoms. The number of carbonyl (C=O) groups is 1. The molecule has 0 fully saturated rings. The van der Waals surface area contributed by atoms with E-state index in [1.54, 1.807) is 20.8 Å². The highest BCUT2D eigenvalue weighted by Gasteiger charge is 2.20. The Morgan fingerprint density at radius 1 is 0.815 bits per heavy atom. The first-order chi connectivity index (χ1) is 12.9. The van der Waals surface area contributed by atoms with Crippen LogP contribution in [-0.4, -0.2) is 25.7 Å². The Labute approximate surface area is 155 Å². The molecule has 0 aromatic heterocycles. The van der Waals surface area contributed by atoms with Crippen LogP contribution in [0.3, 0.4) is 0 Å². The normalized spacial score (nSPS) is 10.4. The van der Waals surface area contributed by atoms with E-state index >= 15 is 0 Å². The third kappa shape index (κ3) is 4.84. The number of ether oxygens (including phenoxy) is 3. The van der Waals surface area contributed by atoms with Crippen molar-refractivity contribution in [3.63, 3.8) is 0 Å². The van der Waals surface area contributed by atoms with Gasteiger partial charge < -0.3 is 19.5 Å². The Bertz CT molecular complexity index is 800. The molecular formula is C19H20F3NO4. The molecule has 0 saturated heterocycles. The van der Waals surface area contributed by atoms with E-state index in [-0.39, 0.29) is 17.1 Å². The van der Waals surface area contributed by atoms with Crippen molar-refractivity contribution in [3.05, 3.63) is 47.3 Å². The van der Waals surface area contributed by atoms with Gasteiger partial charge in [0.15, 0.2) is 23.1 Å². The summed E-state index contributed by atoms with van der Waals surface area (Å²) in [6, 6.07) is 3.75. The second kappa shape index (κ2) is 9.16. The zero-order chi connectivity index (χ0) is 20.0. The molecule has 0 aliphatic carbocycles. The Balaban J connectivity index is 2.41. The van der Waals surface area contributed by atoms with Crippen LogP contribution < -0.4 is 19.5 Å². The molecule has 0 radical (unpaired) electrons. The van der Waals surface area contributed by atoms with Crippen molar-refractivity contribution in [2.45, 2.75) is 20.8 Å². The van der Waals surface area contributed by atoms with E-state index in [9.17, 15) is 18.0 Å². The summed E-state index contributed by atoms with van der Waals surface area (Å²) in [4.78, 5) is 12.5. The highest BCUT2D eigenvalue weighted by Crippen LogP contribution is 2.39. The van der Waals surface area contributed by atoms with Crippen LogP contribution in [-0.2, 0) is 0 Å². The number of rotatable bonds is 8. The molecule has 0 atom stereocenters. The Morgan fingerprint density at radius 3 is 1.85 bits per heavy atom. The van der Waals surface area contributed by atoms with E-state index in [0.29, 0.717) is 37.7 Å². The van der Waals surface area contributed by atoms with Crippen LogP contribution in [0, 0.1) is 17.5 Å². The topological polar surface area (TPSA) is 56.8 Å². The smallest absolute Gasteiger partial charge is 0.256 e. The van der Waals surface area contributed by atoms with Gasteiger partial charge in [0.2, 0.25) is 5.75 Å². The fraction of sp³-hybridized carbons (Fsp3) is 0.316. The van der Waals surface area contributed by atoms with Crippen LogP contribution in [0.5, 0.6) is 17.2 Å². The molecule has 0 aliphatic rings. The van der Waals surface area contributed by atoms with E-state index in [4.69, 9.17) is 14.2 Å². The van der Waals surface area contributed by atoms with Gasteiger partial charge in [0.05, 0.1) is 25.5 Å². The summed E-state index contributed by atoms with van der Waals surface area (Å²) in [5.74, 6) is -3.56. The SMILES string of the molecule is CCOc1cc(C(=O)Nc2cc(F)c(F)cc2F)cc(OCC)c1OCC. The van der Waals surface area contributed by atoms with E-state index in [1.165, 1.54) is 12.1 Å². The number of benzene rings is 2. The quantitative estimate of drug-likeness (QED) is 0.680. The molecule has 1 amide bonds. The molecule has 0 heterocycles. The second-order valence-corrected chi connectivity index (χ2v) is 5.30. The van der Waals surface area contributed by atoms with Gasteiger partial charge in [-0.1, -0.05) is 0 Å². The Hall–Kier alpha value is -2.90. The predicted molar refractivity (Wildman–Crippen MR) is 94.2 cm³/mol. The van der Waals surface area contributed by atoms with Gasteiger partial charge in [-0.25, -0.2) is 13.2 Å². The van der Waals surface area contributed by atoms with Crippen LogP contribution >= 0.6 is 0 Å². The van der Waals surface area contributed by atoms with Crippen LogP contribution in [0.1, 0.15) is 31.1 Å². The molecule has 2 aromatic carbocycles. The minimum Gasteiger partial charge on any atom is -0.490 e. The van der Waals surface area contributed by atoms with Crippen molar-refractivity contribution in [2.75, 3.05) is 25.1 Å². The largest absolute Gasteiger partial charge is 0.490 e. The predicted octanol–water partition coefficient (Wildman–Crippen LogP) is 4.55. The summed E-state index contributed by atoms with van der Waals surface area (Å²) in [7, 11) is 0. The first kappa shape index (κ1) is 20.4. The summed E-state index contributed by atoms with van der Waals surface area (Å²) >= 11 is 0. The molecule has 0 unspecified atom stereocenters.